The van der Waals surface area contributed by atoms with E-state index in [1.807, 2.05) is 0 Å². The Morgan fingerprint density at radius 2 is 2.21 bits per heavy atom. The fourth-order valence-electron chi connectivity index (χ4n) is 0.811. The number of pyridine rings is 1. The van der Waals surface area contributed by atoms with E-state index in [0.29, 0.717) is 0 Å². The lowest BCUT2D eigenvalue weighted by atomic mass is 10.2. The fourth-order valence-corrected chi connectivity index (χ4v) is 0.811. The van der Waals surface area contributed by atoms with E-state index in [0.717, 1.165) is 0 Å². The van der Waals surface area contributed by atoms with E-state index >= 15 is 0 Å². The number of aromatic carboxylic acids is 1. The molecule has 0 aliphatic heterocycles. The normalized spacial score (nSPS) is 9.21. The number of hydrogen-bond donors (Lipinski definition) is 3. The number of urea groups is 1. The van der Waals surface area contributed by atoms with Crippen LogP contribution < -0.4 is 10.6 Å². The van der Waals surface area contributed by atoms with E-state index in [1.54, 1.807) is 0 Å². The van der Waals surface area contributed by atoms with Crippen LogP contribution >= 0.6 is 0 Å². The van der Waals surface area contributed by atoms with Gasteiger partial charge in [0.15, 0.2) is 0 Å². The van der Waals surface area contributed by atoms with Gasteiger partial charge in [-0.2, -0.15) is 0 Å². The Morgan fingerprint density at radius 1 is 1.50 bits per heavy atom. The maximum absolute atomic E-state index is 10.9. The van der Waals surface area contributed by atoms with Gasteiger partial charge in [-0.05, 0) is 12.1 Å². The van der Waals surface area contributed by atoms with E-state index in [4.69, 9.17) is 5.11 Å². The van der Waals surface area contributed by atoms with E-state index in [1.165, 1.54) is 25.4 Å². The molecule has 0 atom stereocenters. The third kappa shape index (κ3) is 2.44. The average molecular weight is 195 g/mol. The zero-order valence-electron chi connectivity index (χ0n) is 7.44. The van der Waals surface area contributed by atoms with Crippen molar-refractivity contribution >= 4 is 17.8 Å². The van der Waals surface area contributed by atoms with Crippen molar-refractivity contribution in [1.29, 1.82) is 0 Å². The molecule has 6 heteroatoms. The smallest absolute Gasteiger partial charge is 0.335 e. The van der Waals surface area contributed by atoms with Gasteiger partial charge in [-0.15, -0.1) is 0 Å². The minimum atomic E-state index is -1.06. The van der Waals surface area contributed by atoms with E-state index in [9.17, 15) is 9.59 Å². The fraction of sp³-hybridized carbons (Fsp3) is 0.125. The van der Waals surface area contributed by atoms with E-state index < -0.39 is 12.0 Å². The number of nitrogens with one attached hydrogen (secondary N) is 2. The molecule has 3 N–H and O–H groups in total. The Bertz CT molecular complexity index is 365. The SMILES string of the molecule is CNC(=O)Nc1cc(C(=O)O)ccn1. The molecule has 2 amide bonds. The molecule has 0 saturated carbocycles. The molecular formula is C8H9N3O3. The summed E-state index contributed by atoms with van der Waals surface area (Å²) in [5.41, 5.74) is 0.0754. The van der Waals surface area contributed by atoms with Crippen LogP contribution in [0.2, 0.25) is 0 Å². The number of carbonyl (C=O) groups excluding carboxylic acids is 1. The van der Waals surface area contributed by atoms with Gasteiger partial charge < -0.3 is 10.4 Å². The van der Waals surface area contributed by atoms with Crippen molar-refractivity contribution in [2.75, 3.05) is 12.4 Å². The van der Waals surface area contributed by atoms with Gasteiger partial charge in [0.1, 0.15) is 5.82 Å². The molecule has 6 nitrogen and oxygen atoms in total. The standard InChI is InChI=1S/C8H9N3O3/c1-9-8(14)11-6-4-5(7(12)13)2-3-10-6/h2-4H,1H3,(H,12,13)(H2,9,10,11,14). The number of carboxylic acids is 1. The molecule has 1 rings (SSSR count). The second kappa shape index (κ2) is 4.22. The first-order chi connectivity index (χ1) is 6.63. The van der Waals surface area contributed by atoms with Crippen molar-refractivity contribution in [2.45, 2.75) is 0 Å². The molecule has 0 aliphatic carbocycles. The zero-order valence-corrected chi connectivity index (χ0v) is 7.44. The van der Waals surface area contributed by atoms with Crippen molar-refractivity contribution in [3.8, 4) is 0 Å². The summed E-state index contributed by atoms with van der Waals surface area (Å²) in [6.45, 7) is 0. The van der Waals surface area contributed by atoms with Crippen molar-refractivity contribution in [2.24, 2.45) is 0 Å². The number of carboxylic acid groups (broad SMARTS) is 1. The number of nitrogens with zero attached hydrogens (tertiary/aromatic N) is 1. The lowest BCUT2D eigenvalue weighted by Crippen LogP contribution is -2.25. The predicted molar refractivity (Wildman–Crippen MR) is 49.3 cm³/mol. The number of hydrogen-bond acceptors (Lipinski definition) is 3. The molecule has 1 heterocycles. The molecule has 1 aromatic heterocycles. The van der Waals surface area contributed by atoms with Crippen molar-refractivity contribution in [3.63, 3.8) is 0 Å². The number of rotatable bonds is 2. The Hall–Kier alpha value is -2.11. The van der Waals surface area contributed by atoms with Crippen molar-refractivity contribution < 1.29 is 14.7 Å². The van der Waals surface area contributed by atoms with Crippen LogP contribution in [-0.2, 0) is 0 Å². The highest BCUT2D eigenvalue weighted by atomic mass is 16.4. The lowest BCUT2D eigenvalue weighted by Gasteiger charge is -2.03. The van der Waals surface area contributed by atoms with Crippen LogP contribution in [0.3, 0.4) is 0 Å². The summed E-state index contributed by atoms with van der Waals surface area (Å²) in [4.78, 5) is 25.2. The molecule has 0 saturated heterocycles. The summed E-state index contributed by atoms with van der Waals surface area (Å²) in [6, 6.07) is 2.18. The second-order valence-corrected chi connectivity index (χ2v) is 2.44. The monoisotopic (exact) mass is 195 g/mol. The van der Waals surface area contributed by atoms with Gasteiger partial charge in [0.2, 0.25) is 0 Å². The van der Waals surface area contributed by atoms with Crippen LogP contribution in [0.1, 0.15) is 10.4 Å². The summed E-state index contributed by atoms with van der Waals surface area (Å²) in [5.74, 6) is -0.864. The molecule has 0 bridgehead atoms. The van der Waals surface area contributed by atoms with Gasteiger partial charge in [-0.25, -0.2) is 14.6 Å². The van der Waals surface area contributed by atoms with E-state index in [2.05, 4.69) is 15.6 Å². The van der Waals surface area contributed by atoms with Gasteiger partial charge in [-0.1, -0.05) is 0 Å². The lowest BCUT2D eigenvalue weighted by molar-refractivity contribution is 0.0696. The number of aromatic nitrogens is 1. The second-order valence-electron chi connectivity index (χ2n) is 2.44. The molecule has 0 aliphatic rings. The highest BCUT2D eigenvalue weighted by Gasteiger charge is 2.05. The minimum Gasteiger partial charge on any atom is -0.478 e. The van der Waals surface area contributed by atoms with Gasteiger partial charge in [0.25, 0.3) is 0 Å². The summed E-state index contributed by atoms with van der Waals surface area (Å²) >= 11 is 0. The quantitative estimate of drug-likeness (QED) is 0.641. The first-order valence-electron chi connectivity index (χ1n) is 3.81. The highest BCUT2D eigenvalue weighted by Crippen LogP contribution is 2.06. The predicted octanol–water partition coefficient (Wildman–Crippen LogP) is 0.531. The Labute approximate surface area is 80.0 Å². The molecule has 74 valence electrons. The molecule has 14 heavy (non-hydrogen) atoms. The Balaban J connectivity index is 2.83. The van der Waals surface area contributed by atoms with Crippen LogP contribution in [0.15, 0.2) is 18.3 Å². The van der Waals surface area contributed by atoms with Crippen LogP contribution in [0.5, 0.6) is 0 Å². The highest BCUT2D eigenvalue weighted by molar-refractivity contribution is 5.91. The molecule has 0 fully saturated rings. The Morgan fingerprint density at radius 3 is 2.79 bits per heavy atom. The van der Waals surface area contributed by atoms with Gasteiger partial charge in [0, 0.05) is 13.2 Å². The summed E-state index contributed by atoms with van der Waals surface area (Å²) < 4.78 is 0. The van der Waals surface area contributed by atoms with Crippen molar-refractivity contribution in [3.05, 3.63) is 23.9 Å². The van der Waals surface area contributed by atoms with Crippen LogP contribution in [-0.4, -0.2) is 29.1 Å². The van der Waals surface area contributed by atoms with Gasteiger partial charge >= 0.3 is 12.0 Å². The summed E-state index contributed by atoms with van der Waals surface area (Å²) in [6.07, 6.45) is 1.31. The van der Waals surface area contributed by atoms with Gasteiger partial charge in [-0.3, -0.25) is 5.32 Å². The maximum Gasteiger partial charge on any atom is 0.335 e. The molecule has 1 aromatic rings. The van der Waals surface area contributed by atoms with Crippen LogP contribution in [0, 0.1) is 0 Å². The third-order valence-electron chi connectivity index (χ3n) is 1.48. The number of anilines is 1. The number of amides is 2. The van der Waals surface area contributed by atoms with Crippen LogP contribution in [0.25, 0.3) is 0 Å². The van der Waals surface area contributed by atoms with E-state index in [-0.39, 0.29) is 11.4 Å². The average Bonchev–Trinajstić information content (AvgIpc) is 2.18. The molecule has 0 radical (unpaired) electrons. The van der Waals surface area contributed by atoms with Crippen molar-refractivity contribution in [1.82, 2.24) is 10.3 Å². The topological polar surface area (TPSA) is 91.3 Å². The molecule has 0 aromatic carbocycles. The summed E-state index contributed by atoms with van der Waals surface area (Å²) in [5, 5.41) is 13.3. The third-order valence-corrected chi connectivity index (χ3v) is 1.48. The first-order valence-corrected chi connectivity index (χ1v) is 3.81. The van der Waals surface area contributed by atoms with Crippen LogP contribution in [0.4, 0.5) is 10.6 Å². The Kier molecular flexibility index (Phi) is 3.01. The first kappa shape index (κ1) is 9.97. The molecule has 0 unspecified atom stereocenters. The summed E-state index contributed by atoms with van der Waals surface area (Å²) in [7, 11) is 1.45. The molecular weight excluding hydrogens is 186 g/mol. The molecule has 0 spiro atoms. The number of carbonyl (C=O) groups is 2. The largest absolute Gasteiger partial charge is 0.478 e. The van der Waals surface area contributed by atoms with Gasteiger partial charge in [0.05, 0.1) is 5.56 Å². The minimum absolute atomic E-state index is 0.0754. The maximum atomic E-state index is 10.9. The zero-order chi connectivity index (χ0) is 10.6.